The molecule has 36 heavy (non-hydrogen) atoms. The lowest BCUT2D eigenvalue weighted by Gasteiger charge is -2.40. The molecule has 3 amide bonds. The fourth-order valence-electron chi connectivity index (χ4n) is 4.73. The Morgan fingerprint density at radius 3 is 2.28 bits per heavy atom. The number of aromatic nitrogens is 2. The standard InChI is InChI=1S/C27H39N5O4/c1-18(33)30-23(15-21-16-28-17-29-21)25(34)31-24(14-19-6-8-22(36-5)9-7-19)26(35)32-12-10-20(11-13-32)27(2,3)4/h6-9,16-17,20,23-24H,10-15H2,1-5H3,(H,28,29)(H,30,33)(H,31,34). The summed E-state index contributed by atoms with van der Waals surface area (Å²) in [6, 6.07) is 5.88. The van der Waals surface area contributed by atoms with Crippen LogP contribution in [-0.4, -0.2) is 64.9 Å². The van der Waals surface area contributed by atoms with Crippen molar-refractivity contribution in [3.8, 4) is 5.75 Å². The molecule has 1 fully saturated rings. The van der Waals surface area contributed by atoms with Crippen LogP contribution in [0.4, 0.5) is 0 Å². The van der Waals surface area contributed by atoms with E-state index < -0.39 is 18.0 Å². The van der Waals surface area contributed by atoms with Gasteiger partial charge in [-0.1, -0.05) is 32.9 Å². The van der Waals surface area contributed by atoms with E-state index in [4.69, 9.17) is 4.74 Å². The molecule has 1 aromatic carbocycles. The van der Waals surface area contributed by atoms with Gasteiger partial charge in [0.05, 0.1) is 13.4 Å². The van der Waals surface area contributed by atoms with Gasteiger partial charge in [0.2, 0.25) is 17.7 Å². The molecule has 2 aromatic rings. The molecule has 0 radical (unpaired) electrons. The first-order valence-electron chi connectivity index (χ1n) is 12.5. The van der Waals surface area contributed by atoms with Crippen molar-refractivity contribution in [3.05, 3.63) is 48.0 Å². The maximum Gasteiger partial charge on any atom is 0.245 e. The molecular formula is C27H39N5O4. The Morgan fingerprint density at radius 1 is 1.08 bits per heavy atom. The smallest absolute Gasteiger partial charge is 0.245 e. The Bertz CT molecular complexity index is 1010. The van der Waals surface area contributed by atoms with E-state index in [2.05, 4.69) is 41.4 Å². The number of carbonyl (C=O) groups excluding carboxylic acids is 3. The number of rotatable bonds is 9. The molecule has 9 nitrogen and oxygen atoms in total. The molecule has 0 spiro atoms. The topological polar surface area (TPSA) is 116 Å². The van der Waals surface area contributed by atoms with Gasteiger partial charge in [0.15, 0.2) is 0 Å². The van der Waals surface area contributed by atoms with Crippen molar-refractivity contribution in [2.24, 2.45) is 11.3 Å². The minimum atomic E-state index is -0.833. The van der Waals surface area contributed by atoms with Crippen LogP contribution in [-0.2, 0) is 27.2 Å². The third kappa shape index (κ3) is 7.57. The highest BCUT2D eigenvalue weighted by molar-refractivity contribution is 5.92. The highest BCUT2D eigenvalue weighted by atomic mass is 16.5. The Morgan fingerprint density at radius 2 is 1.75 bits per heavy atom. The lowest BCUT2D eigenvalue weighted by Crippen LogP contribution is -2.56. The number of benzene rings is 1. The first kappa shape index (κ1) is 27.2. The van der Waals surface area contributed by atoms with Crippen molar-refractivity contribution in [2.75, 3.05) is 20.2 Å². The van der Waals surface area contributed by atoms with Crippen molar-refractivity contribution in [1.82, 2.24) is 25.5 Å². The normalized spacial score (nSPS) is 16.2. The molecule has 0 bridgehead atoms. The minimum Gasteiger partial charge on any atom is -0.497 e. The van der Waals surface area contributed by atoms with E-state index >= 15 is 0 Å². The van der Waals surface area contributed by atoms with Gasteiger partial charge in [0, 0.05) is 44.7 Å². The number of nitrogens with one attached hydrogen (secondary N) is 3. The largest absolute Gasteiger partial charge is 0.497 e. The summed E-state index contributed by atoms with van der Waals surface area (Å²) >= 11 is 0. The van der Waals surface area contributed by atoms with Crippen LogP contribution >= 0.6 is 0 Å². The second-order valence-corrected chi connectivity index (χ2v) is 10.6. The Hall–Kier alpha value is -3.36. The van der Waals surface area contributed by atoms with Gasteiger partial charge in [-0.15, -0.1) is 0 Å². The number of hydrogen-bond donors (Lipinski definition) is 3. The van der Waals surface area contributed by atoms with Crippen LogP contribution < -0.4 is 15.4 Å². The minimum absolute atomic E-state index is 0.102. The van der Waals surface area contributed by atoms with Gasteiger partial charge in [-0.3, -0.25) is 14.4 Å². The number of likely N-dealkylation sites (tertiary alicyclic amines) is 1. The van der Waals surface area contributed by atoms with Gasteiger partial charge in [0.1, 0.15) is 17.8 Å². The first-order valence-corrected chi connectivity index (χ1v) is 12.5. The van der Waals surface area contributed by atoms with E-state index in [-0.39, 0.29) is 23.7 Å². The van der Waals surface area contributed by atoms with E-state index in [0.29, 0.717) is 31.1 Å². The Kier molecular flexibility index (Phi) is 9.12. The summed E-state index contributed by atoms with van der Waals surface area (Å²) < 4.78 is 5.24. The van der Waals surface area contributed by atoms with Crippen LogP contribution in [0.2, 0.25) is 0 Å². The van der Waals surface area contributed by atoms with Crippen molar-refractivity contribution in [3.63, 3.8) is 0 Å². The average Bonchev–Trinajstić information content (AvgIpc) is 3.35. The maximum absolute atomic E-state index is 13.7. The van der Waals surface area contributed by atoms with Crippen LogP contribution in [0.25, 0.3) is 0 Å². The fourth-order valence-corrected chi connectivity index (χ4v) is 4.73. The molecule has 1 aromatic heterocycles. The second kappa shape index (κ2) is 12.1. The molecular weight excluding hydrogens is 458 g/mol. The first-order chi connectivity index (χ1) is 17.1. The van der Waals surface area contributed by atoms with Crippen molar-refractivity contribution < 1.29 is 19.1 Å². The molecule has 2 unspecified atom stereocenters. The van der Waals surface area contributed by atoms with E-state index in [1.165, 1.54) is 13.3 Å². The van der Waals surface area contributed by atoms with Crippen LogP contribution in [0, 0.1) is 11.3 Å². The van der Waals surface area contributed by atoms with Gasteiger partial charge in [0.25, 0.3) is 0 Å². The summed E-state index contributed by atoms with van der Waals surface area (Å²) in [7, 11) is 1.60. The molecule has 2 heterocycles. The van der Waals surface area contributed by atoms with Gasteiger partial charge < -0.3 is 25.3 Å². The molecule has 1 aliphatic rings. The zero-order chi connectivity index (χ0) is 26.3. The number of carbonyl (C=O) groups is 3. The molecule has 1 saturated heterocycles. The summed E-state index contributed by atoms with van der Waals surface area (Å²) in [6.45, 7) is 9.42. The quantitative estimate of drug-likeness (QED) is 0.492. The van der Waals surface area contributed by atoms with Gasteiger partial charge in [-0.25, -0.2) is 4.98 Å². The predicted octanol–water partition coefficient (Wildman–Crippen LogP) is 2.48. The molecule has 3 N–H and O–H groups in total. The number of amides is 3. The van der Waals surface area contributed by atoms with Crippen LogP contribution in [0.3, 0.4) is 0 Å². The fraction of sp³-hybridized carbons (Fsp3) is 0.556. The van der Waals surface area contributed by atoms with Gasteiger partial charge >= 0.3 is 0 Å². The lowest BCUT2D eigenvalue weighted by atomic mass is 9.75. The zero-order valence-electron chi connectivity index (χ0n) is 22.0. The average molecular weight is 498 g/mol. The molecule has 196 valence electrons. The monoisotopic (exact) mass is 497 g/mol. The predicted molar refractivity (Wildman–Crippen MR) is 137 cm³/mol. The number of H-pyrrole nitrogens is 1. The Labute approximate surface area is 213 Å². The number of nitrogens with zero attached hydrogens (tertiary/aromatic N) is 2. The summed E-state index contributed by atoms with van der Waals surface area (Å²) in [4.78, 5) is 47.6. The molecule has 0 saturated carbocycles. The highest BCUT2D eigenvalue weighted by Gasteiger charge is 2.34. The number of ether oxygens (including phenoxy) is 1. The highest BCUT2D eigenvalue weighted by Crippen LogP contribution is 2.34. The summed E-state index contributed by atoms with van der Waals surface area (Å²) in [5, 5.41) is 5.64. The van der Waals surface area contributed by atoms with Gasteiger partial charge in [-0.2, -0.15) is 0 Å². The van der Waals surface area contributed by atoms with Crippen LogP contribution in [0.15, 0.2) is 36.8 Å². The molecule has 1 aliphatic heterocycles. The van der Waals surface area contributed by atoms with Crippen molar-refractivity contribution in [1.29, 1.82) is 0 Å². The SMILES string of the molecule is COc1ccc(CC(NC(=O)C(Cc2cnc[nH]2)NC(C)=O)C(=O)N2CCC(C(C)(C)C)CC2)cc1. The number of hydrogen-bond acceptors (Lipinski definition) is 5. The molecule has 3 rings (SSSR count). The number of aromatic amines is 1. The summed E-state index contributed by atoms with van der Waals surface area (Å²) in [6.07, 6.45) is 5.59. The van der Waals surface area contributed by atoms with Gasteiger partial charge in [-0.05, 0) is 41.9 Å². The van der Waals surface area contributed by atoms with E-state index in [1.807, 2.05) is 29.2 Å². The van der Waals surface area contributed by atoms with Crippen molar-refractivity contribution in [2.45, 2.75) is 65.5 Å². The number of methoxy groups -OCH3 is 1. The van der Waals surface area contributed by atoms with Crippen LogP contribution in [0.1, 0.15) is 51.8 Å². The summed E-state index contributed by atoms with van der Waals surface area (Å²) in [5.74, 6) is 0.442. The summed E-state index contributed by atoms with van der Waals surface area (Å²) in [5.41, 5.74) is 1.82. The zero-order valence-corrected chi connectivity index (χ0v) is 22.0. The van der Waals surface area contributed by atoms with E-state index in [9.17, 15) is 14.4 Å². The van der Waals surface area contributed by atoms with Crippen LogP contribution in [0.5, 0.6) is 5.75 Å². The third-order valence-electron chi connectivity index (χ3n) is 6.92. The number of imidazole rings is 1. The van der Waals surface area contributed by atoms with Crippen molar-refractivity contribution >= 4 is 17.7 Å². The Balaban J connectivity index is 1.77. The third-order valence-corrected chi connectivity index (χ3v) is 6.92. The number of piperidine rings is 1. The molecule has 0 aliphatic carbocycles. The second-order valence-electron chi connectivity index (χ2n) is 10.6. The van der Waals surface area contributed by atoms with E-state index in [1.54, 1.807) is 13.3 Å². The molecule has 9 heteroatoms. The molecule has 2 atom stereocenters. The maximum atomic E-state index is 13.7. The van der Waals surface area contributed by atoms with E-state index in [0.717, 1.165) is 24.2 Å². The lowest BCUT2D eigenvalue weighted by molar-refractivity contribution is -0.138.